The average Bonchev–Trinajstić information content (AvgIpc) is 3.23. The van der Waals surface area contributed by atoms with Crippen LogP contribution in [0, 0.1) is 0 Å². The molecule has 25 heavy (non-hydrogen) atoms. The van der Waals surface area contributed by atoms with Crippen molar-refractivity contribution < 1.29 is 9.21 Å². The molecule has 1 N–H and O–H groups in total. The van der Waals surface area contributed by atoms with E-state index in [2.05, 4.69) is 16.4 Å². The van der Waals surface area contributed by atoms with Gasteiger partial charge in [-0.1, -0.05) is 12.1 Å². The fraction of sp³-hybridized carbons (Fsp3) is 0.333. The molecule has 0 aliphatic carbocycles. The van der Waals surface area contributed by atoms with E-state index in [9.17, 15) is 4.79 Å². The van der Waals surface area contributed by atoms with Crippen LogP contribution in [0.2, 0.25) is 0 Å². The minimum Gasteiger partial charge on any atom is -0.468 e. The van der Waals surface area contributed by atoms with Crippen LogP contribution >= 0.6 is 23.1 Å². The first-order valence-corrected chi connectivity index (χ1v) is 9.99. The highest BCUT2D eigenvalue weighted by atomic mass is 32.2. The van der Waals surface area contributed by atoms with Gasteiger partial charge in [0.25, 0.3) is 0 Å². The van der Waals surface area contributed by atoms with Gasteiger partial charge in [-0.2, -0.15) is 0 Å². The minimum absolute atomic E-state index is 0.0320. The molecular formula is C18H21N3O2S2. The molecule has 3 aromatic rings. The number of nitrogens with one attached hydrogen (secondary N) is 1. The van der Waals surface area contributed by atoms with E-state index in [0.29, 0.717) is 12.3 Å². The monoisotopic (exact) mass is 375 g/mol. The minimum atomic E-state index is 0.0320. The van der Waals surface area contributed by atoms with E-state index in [1.807, 2.05) is 49.3 Å². The van der Waals surface area contributed by atoms with Crippen LogP contribution in [0.1, 0.15) is 16.8 Å². The molecular weight excluding hydrogens is 354 g/mol. The highest BCUT2D eigenvalue weighted by molar-refractivity contribution is 7.99. The number of benzene rings is 1. The summed E-state index contributed by atoms with van der Waals surface area (Å²) in [6.45, 7) is 0.529. The molecule has 0 fully saturated rings. The molecule has 0 aliphatic heterocycles. The van der Waals surface area contributed by atoms with Crippen molar-refractivity contribution in [1.29, 1.82) is 0 Å². The van der Waals surface area contributed by atoms with Crippen molar-refractivity contribution in [3.63, 3.8) is 0 Å². The average molecular weight is 376 g/mol. The zero-order chi connectivity index (χ0) is 17.6. The molecule has 1 amide bonds. The summed E-state index contributed by atoms with van der Waals surface area (Å²) >= 11 is 3.27. The number of amides is 1. The summed E-state index contributed by atoms with van der Waals surface area (Å²) in [6.07, 6.45) is 1.65. The van der Waals surface area contributed by atoms with Crippen LogP contribution in [0.15, 0.2) is 47.1 Å². The normalized spacial score (nSPS) is 12.6. The van der Waals surface area contributed by atoms with Crippen molar-refractivity contribution >= 4 is 39.2 Å². The number of thiazole rings is 1. The lowest BCUT2D eigenvalue weighted by molar-refractivity contribution is -0.118. The van der Waals surface area contributed by atoms with Crippen molar-refractivity contribution in [3.05, 3.63) is 53.4 Å². The number of hydrogen-bond acceptors (Lipinski definition) is 6. The molecule has 0 radical (unpaired) electrons. The van der Waals surface area contributed by atoms with Crippen LogP contribution in [0.5, 0.6) is 0 Å². The van der Waals surface area contributed by atoms with Crippen LogP contribution in [0.3, 0.4) is 0 Å². The van der Waals surface area contributed by atoms with E-state index >= 15 is 0 Å². The Kier molecular flexibility index (Phi) is 6.12. The number of hydrogen-bond donors (Lipinski definition) is 1. The Labute approximate surface area is 155 Å². The van der Waals surface area contributed by atoms with Gasteiger partial charge < -0.3 is 9.73 Å². The first kappa shape index (κ1) is 18.0. The van der Waals surface area contributed by atoms with Crippen LogP contribution in [-0.2, 0) is 10.5 Å². The van der Waals surface area contributed by atoms with Crippen LogP contribution < -0.4 is 5.32 Å². The Morgan fingerprint density at radius 2 is 2.16 bits per heavy atom. The molecule has 2 aromatic heterocycles. The van der Waals surface area contributed by atoms with Crippen molar-refractivity contribution in [3.8, 4) is 0 Å². The molecule has 2 heterocycles. The third kappa shape index (κ3) is 4.84. The third-order valence-corrected chi connectivity index (χ3v) is 5.95. The van der Waals surface area contributed by atoms with Gasteiger partial charge in [-0.05, 0) is 38.4 Å². The number of rotatable bonds is 8. The van der Waals surface area contributed by atoms with Crippen LogP contribution in [0.25, 0.3) is 10.2 Å². The largest absolute Gasteiger partial charge is 0.468 e. The lowest BCUT2D eigenvalue weighted by Crippen LogP contribution is -2.35. The molecule has 0 bridgehead atoms. The van der Waals surface area contributed by atoms with E-state index in [1.165, 1.54) is 4.70 Å². The fourth-order valence-electron chi connectivity index (χ4n) is 2.49. The Balaban J connectivity index is 1.44. The second kappa shape index (κ2) is 8.51. The smallest absolute Gasteiger partial charge is 0.230 e. The lowest BCUT2D eigenvalue weighted by atomic mass is 10.2. The lowest BCUT2D eigenvalue weighted by Gasteiger charge is -2.22. The molecule has 0 saturated heterocycles. The summed E-state index contributed by atoms with van der Waals surface area (Å²) in [7, 11) is 3.95. The van der Waals surface area contributed by atoms with Gasteiger partial charge in [0.15, 0.2) is 0 Å². The Bertz CT molecular complexity index is 782. The molecule has 7 heteroatoms. The summed E-state index contributed by atoms with van der Waals surface area (Å²) in [4.78, 5) is 18.7. The van der Waals surface area contributed by atoms with E-state index in [1.54, 1.807) is 29.4 Å². The highest BCUT2D eigenvalue weighted by Crippen LogP contribution is 2.24. The number of aromatic nitrogens is 1. The molecule has 0 saturated carbocycles. The van der Waals surface area contributed by atoms with Crippen molar-refractivity contribution in [2.24, 2.45) is 0 Å². The number of carbonyl (C=O) groups is 1. The number of nitrogens with zero attached hydrogens (tertiary/aromatic N) is 2. The Morgan fingerprint density at radius 3 is 2.88 bits per heavy atom. The van der Waals surface area contributed by atoms with Crippen LogP contribution in [0.4, 0.5) is 0 Å². The number of furan rings is 1. The number of thioether (sulfide) groups is 1. The number of carbonyl (C=O) groups excluding carboxylic acids is 1. The second-order valence-electron chi connectivity index (χ2n) is 5.87. The third-order valence-electron chi connectivity index (χ3n) is 3.78. The maximum atomic E-state index is 12.1. The van der Waals surface area contributed by atoms with Gasteiger partial charge in [-0.15, -0.1) is 23.1 Å². The number of para-hydroxylation sites is 1. The van der Waals surface area contributed by atoms with Gasteiger partial charge >= 0.3 is 0 Å². The quantitative estimate of drug-likeness (QED) is 0.653. The maximum Gasteiger partial charge on any atom is 0.230 e. The van der Waals surface area contributed by atoms with Crippen molar-refractivity contribution in [2.45, 2.75) is 11.8 Å². The first-order chi connectivity index (χ1) is 12.1. The van der Waals surface area contributed by atoms with Crippen molar-refractivity contribution in [1.82, 2.24) is 15.2 Å². The van der Waals surface area contributed by atoms with E-state index in [-0.39, 0.29) is 11.9 Å². The predicted molar refractivity (Wildman–Crippen MR) is 104 cm³/mol. The van der Waals surface area contributed by atoms with Crippen LogP contribution in [-0.4, -0.2) is 42.2 Å². The molecule has 132 valence electrons. The number of fused-ring (bicyclic) bond motifs is 1. The fourth-order valence-corrected chi connectivity index (χ4v) is 4.37. The zero-order valence-electron chi connectivity index (χ0n) is 14.3. The van der Waals surface area contributed by atoms with Gasteiger partial charge in [-0.3, -0.25) is 9.69 Å². The van der Waals surface area contributed by atoms with Gasteiger partial charge in [0, 0.05) is 12.3 Å². The van der Waals surface area contributed by atoms with Gasteiger partial charge in [0.1, 0.15) is 10.8 Å². The molecule has 0 spiro atoms. The standard InChI is InChI=1S/C18H21N3O2S2/c1-21(2)14(15-7-5-9-23-15)10-19-17(22)11-24-12-18-20-13-6-3-4-8-16(13)25-18/h3-9,14H,10-12H2,1-2H3,(H,19,22). The summed E-state index contributed by atoms with van der Waals surface area (Å²) in [5.41, 5.74) is 1.03. The summed E-state index contributed by atoms with van der Waals surface area (Å²) in [5.74, 6) is 2.06. The topological polar surface area (TPSA) is 58.4 Å². The molecule has 0 aliphatic rings. The summed E-state index contributed by atoms with van der Waals surface area (Å²) in [6, 6.07) is 11.9. The van der Waals surface area contributed by atoms with E-state index < -0.39 is 0 Å². The molecule has 1 unspecified atom stereocenters. The first-order valence-electron chi connectivity index (χ1n) is 8.02. The SMILES string of the molecule is CN(C)C(CNC(=O)CSCc1nc2ccccc2s1)c1ccco1. The van der Waals surface area contributed by atoms with Gasteiger partial charge in [0.2, 0.25) is 5.91 Å². The second-order valence-corrected chi connectivity index (χ2v) is 7.97. The Hall–Kier alpha value is -1.83. The molecule has 3 rings (SSSR count). The van der Waals surface area contributed by atoms with Crippen molar-refractivity contribution in [2.75, 3.05) is 26.4 Å². The Morgan fingerprint density at radius 1 is 1.32 bits per heavy atom. The highest BCUT2D eigenvalue weighted by Gasteiger charge is 2.17. The van der Waals surface area contributed by atoms with E-state index in [0.717, 1.165) is 22.0 Å². The molecule has 5 nitrogen and oxygen atoms in total. The number of likely N-dealkylation sites (N-methyl/N-ethyl adjacent to an activating group) is 1. The zero-order valence-corrected chi connectivity index (χ0v) is 15.9. The maximum absolute atomic E-state index is 12.1. The summed E-state index contributed by atoms with van der Waals surface area (Å²) < 4.78 is 6.64. The summed E-state index contributed by atoms with van der Waals surface area (Å²) in [5, 5.41) is 4.04. The van der Waals surface area contributed by atoms with Gasteiger partial charge in [-0.25, -0.2) is 4.98 Å². The van der Waals surface area contributed by atoms with E-state index in [4.69, 9.17) is 4.42 Å². The molecule has 1 atom stereocenters. The van der Waals surface area contributed by atoms with Gasteiger partial charge in [0.05, 0.1) is 28.3 Å². The predicted octanol–water partition coefficient (Wildman–Crippen LogP) is 3.54. The molecule has 1 aromatic carbocycles.